The molecule has 0 atom stereocenters. The molecule has 2 aromatic rings. The molecule has 0 bridgehead atoms. The number of hydrogen-bond acceptors (Lipinski definition) is 4. The number of carbonyl (C=O) groups excluding carboxylic acids is 1. The van der Waals surface area contributed by atoms with Gasteiger partial charge >= 0.3 is 0 Å². The van der Waals surface area contributed by atoms with E-state index in [0.29, 0.717) is 18.7 Å². The van der Waals surface area contributed by atoms with Crippen LogP contribution in [-0.2, 0) is 13.1 Å². The second-order valence-electron chi connectivity index (χ2n) is 7.66. The van der Waals surface area contributed by atoms with E-state index in [9.17, 15) is 4.79 Å². The quantitative estimate of drug-likeness (QED) is 0.544. The van der Waals surface area contributed by atoms with Crippen molar-refractivity contribution in [2.24, 2.45) is 4.99 Å². The van der Waals surface area contributed by atoms with Crippen molar-refractivity contribution in [2.75, 3.05) is 38.6 Å². The van der Waals surface area contributed by atoms with Gasteiger partial charge in [0, 0.05) is 52.0 Å². The fourth-order valence-electron chi connectivity index (χ4n) is 3.36. The predicted molar refractivity (Wildman–Crippen MR) is 122 cm³/mol. The summed E-state index contributed by atoms with van der Waals surface area (Å²) >= 11 is 0. The third-order valence-electron chi connectivity index (χ3n) is 5.07. The van der Waals surface area contributed by atoms with E-state index in [1.54, 1.807) is 19.0 Å². The van der Waals surface area contributed by atoms with Gasteiger partial charge in [0.2, 0.25) is 0 Å². The summed E-state index contributed by atoms with van der Waals surface area (Å²) in [6.45, 7) is 6.24. The maximum Gasteiger partial charge on any atom is 0.253 e. The van der Waals surface area contributed by atoms with Crippen molar-refractivity contribution >= 4 is 17.7 Å². The van der Waals surface area contributed by atoms with Gasteiger partial charge in [-0.05, 0) is 49.1 Å². The van der Waals surface area contributed by atoms with Crippen LogP contribution < -0.4 is 15.5 Å². The summed E-state index contributed by atoms with van der Waals surface area (Å²) in [5.41, 5.74) is 2.86. The molecule has 7 nitrogen and oxygen atoms in total. The minimum atomic E-state index is 0.00812. The van der Waals surface area contributed by atoms with E-state index in [4.69, 9.17) is 0 Å². The molecule has 1 saturated heterocycles. The third kappa shape index (κ3) is 5.95. The fourth-order valence-corrected chi connectivity index (χ4v) is 3.36. The summed E-state index contributed by atoms with van der Waals surface area (Å²) in [7, 11) is 3.51. The number of rotatable bonds is 7. The van der Waals surface area contributed by atoms with Crippen LogP contribution in [-0.4, -0.2) is 55.5 Å². The van der Waals surface area contributed by atoms with Crippen LogP contribution in [0.25, 0.3) is 0 Å². The molecule has 0 unspecified atom stereocenters. The monoisotopic (exact) mass is 408 g/mol. The van der Waals surface area contributed by atoms with Gasteiger partial charge in [-0.25, -0.2) is 9.98 Å². The van der Waals surface area contributed by atoms with Crippen LogP contribution in [0.4, 0.5) is 5.82 Å². The Kier molecular flexibility index (Phi) is 7.65. The number of hydrogen-bond donors (Lipinski definition) is 2. The maximum absolute atomic E-state index is 12.0. The van der Waals surface area contributed by atoms with Crippen molar-refractivity contribution in [1.29, 1.82) is 0 Å². The van der Waals surface area contributed by atoms with E-state index in [0.717, 1.165) is 42.5 Å². The van der Waals surface area contributed by atoms with Crippen LogP contribution in [0.15, 0.2) is 47.6 Å². The average Bonchev–Trinajstić information content (AvgIpc) is 3.31. The number of aromatic nitrogens is 1. The molecule has 0 radical (unpaired) electrons. The van der Waals surface area contributed by atoms with Gasteiger partial charge in [-0.2, -0.15) is 0 Å². The van der Waals surface area contributed by atoms with Crippen LogP contribution in [0.5, 0.6) is 0 Å². The summed E-state index contributed by atoms with van der Waals surface area (Å²) in [6.07, 6.45) is 4.42. The Bertz CT molecular complexity index is 839. The molecule has 7 heteroatoms. The first-order valence-electron chi connectivity index (χ1n) is 10.6. The average molecular weight is 409 g/mol. The van der Waals surface area contributed by atoms with Gasteiger partial charge in [-0.3, -0.25) is 4.79 Å². The Morgan fingerprint density at radius 2 is 1.77 bits per heavy atom. The molecule has 3 rings (SSSR count). The molecule has 0 saturated carbocycles. The highest BCUT2D eigenvalue weighted by atomic mass is 16.2. The number of guanidine groups is 1. The molecule has 1 aromatic heterocycles. The highest BCUT2D eigenvalue weighted by Crippen LogP contribution is 2.17. The van der Waals surface area contributed by atoms with Crippen molar-refractivity contribution in [3.05, 3.63) is 59.3 Å². The molecule has 0 aliphatic carbocycles. The largest absolute Gasteiger partial charge is 0.357 e. The second-order valence-corrected chi connectivity index (χ2v) is 7.66. The third-order valence-corrected chi connectivity index (χ3v) is 5.07. The lowest BCUT2D eigenvalue weighted by molar-refractivity contribution is 0.0827. The zero-order valence-electron chi connectivity index (χ0n) is 18.2. The smallest absolute Gasteiger partial charge is 0.253 e. The Hall–Kier alpha value is -3.09. The molecule has 160 valence electrons. The minimum Gasteiger partial charge on any atom is -0.357 e. The zero-order valence-corrected chi connectivity index (χ0v) is 18.2. The number of carbonyl (C=O) groups is 1. The first kappa shape index (κ1) is 21.6. The fraction of sp³-hybridized carbons (Fsp3) is 0.435. The van der Waals surface area contributed by atoms with E-state index in [2.05, 4.69) is 37.6 Å². The molecule has 1 amide bonds. The number of anilines is 1. The highest BCUT2D eigenvalue weighted by Gasteiger charge is 2.13. The van der Waals surface area contributed by atoms with Crippen LogP contribution in [0.1, 0.15) is 41.3 Å². The number of nitrogens with zero attached hydrogens (tertiary/aromatic N) is 4. The summed E-state index contributed by atoms with van der Waals surface area (Å²) in [5.74, 6) is 1.82. The molecule has 1 aliphatic rings. The van der Waals surface area contributed by atoms with Crippen LogP contribution in [0, 0.1) is 0 Å². The summed E-state index contributed by atoms with van der Waals surface area (Å²) in [5, 5.41) is 6.62. The molecule has 2 heterocycles. The number of pyridine rings is 1. The molecule has 2 N–H and O–H groups in total. The van der Waals surface area contributed by atoms with Crippen LogP contribution in [0.3, 0.4) is 0 Å². The molecule has 0 spiro atoms. The normalized spacial score (nSPS) is 14.0. The number of aliphatic imine (C=N–C) groups is 1. The van der Waals surface area contributed by atoms with Crippen molar-refractivity contribution in [1.82, 2.24) is 20.5 Å². The first-order chi connectivity index (χ1) is 14.6. The Morgan fingerprint density at radius 3 is 2.37 bits per heavy atom. The number of benzene rings is 1. The van der Waals surface area contributed by atoms with Crippen molar-refractivity contribution in [3.63, 3.8) is 0 Å². The lowest BCUT2D eigenvalue weighted by Gasteiger charge is -2.16. The second kappa shape index (κ2) is 10.6. The molecule has 30 heavy (non-hydrogen) atoms. The van der Waals surface area contributed by atoms with Gasteiger partial charge in [0.25, 0.3) is 5.91 Å². The SMILES string of the molecule is CCNC(=NCc1ccc(N2CCCC2)nc1)NCc1ccc(C(=O)N(C)C)cc1. The standard InChI is InChI=1S/C23H32N6O/c1-4-24-23(26-15-18-7-10-20(11-8-18)22(30)28(2)3)27-17-19-9-12-21(25-16-19)29-13-5-6-14-29/h7-12,16H,4-6,13-15,17H2,1-3H3,(H2,24,26,27). The van der Waals surface area contributed by atoms with Crippen molar-refractivity contribution in [3.8, 4) is 0 Å². The maximum atomic E-state index is 12.0. The molecule has 1 aromatic carbocycles. The van der Waals surface area contributed by atoms with Gasteiger partial charge in [-0.15, -0.1) is 0 Å². The van der Waals surface area contributed by atoms with E-state index in [1.807, 2.05) is 37.4 Å². The zero-order chi connectivity index (χ0) is 21.3. The number of nitrogens with one attached hydrogen (secondary N) is 2. The first-order valence-corrected chi connectivity index (χ1v) is 10.6. The highest BCUT2D eigenvalue weighted by molar-refractivity contribution is 5.93. The van der Waals surface area contributed by atoms with Gasteiger partial charge < -0.3 is 20.4 Å². The topological polar surface area (TPSA) is 72.9 Å². The predicted octanol–water partition coefficient (Wildman–Crippen LogP) is 2.64. The van der Waals surface area contributed by atoms with E-state index >= 15 is 0 Å². The van der Waals surface area contributed by atoms with Gasteiger partial charge in [0.05, 0.1) is 6.54 Å². The van der Waals surface area contributed by atoms with E-state index in [1.165, 1.54) is 12.8 Å². The molecular formula is C23H32N6O. The Balaban J connectivity index is 1.56. The van der Waals surface area contributed by atoms with Gasteiger partial charge in [0.15, 0.2) is 5.96 Å². The summed E-state index contributed by atoms with van der Waals surface area (Å²) in [6, 6.07) is 11.8. The summed E-state index contributed by atoms with van der Waals surface area (Å²) < 4.78 is 0. The van der Waals surface area contributed by atoms with Crippen LogP contribution >= 0.6 is 0 Å². The lowest BCUT2D eigenvalue weighted by Crippen LogP contribution is -2.36. The van der Waals surface area contributed by atoms with E-state index in [-0.39, 0.29) is 5.91 Å². The lowest BCUT2D eigenvalue weighted by atomic mass is 10.1. The number of amides is 1. The van der Waals surface area contributed by atoms with Crippen molar-refractivity contribution < 1.29 is 4.79 Å². The molecule has 1 fully saturated rings. The molecule has 1 aliphatic heterocycles. The Labute approximate surface area is 179 Å². The summed E-state index contributed by atoms with van der Waals surface area (Å²) in [4.78, 5) is 25.2. The Morgan fingerprint density at radius 1 is 1.07 bits per heavy atom. The minimum absolute atomic E-state index is 0.00812. The van der Waals surface area contributed by atoms with Crippen molar-refractivity contribution in [2.45, 2.75) is 32.9 Å². The van der Waals surface area contributed by atoms with Gasteiger partial charge in [0.1, 0.15) is 5.82 Å². The van der Waals surface area contributed by atoms with Crippen LogP contribution in [0.2, 0.25) is 0 Å². The van der Waals surface area contributed by atoms with E-state index < -0.39 is 0 Å². The van der Waals surface area contributed by atoms with Gasteiger partial charge in [-0.1, -0.05) is 18.2 Å². The molecular weight excluding hydrogens is 376 g/mol.